The van der Waals surface area contributed by atoms with Gasteiger partial charge in [0.2, 0.25) is 0 Å². The van der Waals surface area contributed by atoms with Crippen LogP contribution in [0, 0.1) is 0 Å². The zero-order chi connectivity index (χ0) is 8.97. The molecule has 1 heterocycles. The van der Waals surface area contributed by atoms with Crippen molar-refractivity contribution in [1.29, 1.82) is 0 Å². The van der Waals surface area contributed by atoms with Crippen LogP contribution in [-0.2, 0) is 4.74 Å². The lowest BCUT2D eigenvalue weighted by Gasteiger charge is -1.97. The Morgan fingerprint density at radius 2 is 2.25 bits per heavy atom. The molecule has 0 saturated heterocycles. The summed E-state index contributed by atoms with van der Waals surface area (Å²) in [6.07, 6.45) is 0. The highest BCUT2D eigenvalue weighted by Gasteiger charge is 2.07. The van der Waals surface area contributed by atoms with Crippen molar-refractivity contribution in [3.63, 3.8) is 0 Å². The molecule has 0 bridgehead atoms. The SMILES string of the molecule is COC(=O)c1ccc(ON)nn1. The molecule has 0 atom stereocenters. The van der Waals surface area contributed by atoms with Crippen LogP contribution >= 0.6 is 0 Å². The first kappa shape index (κ1) is 8.41. The summed E-state index contributed by atoms with van der Waals surface area (Å²) in [6, 6.07) is 2.82. The average molecular weight is 169 g/mol. The molecule has 64 valence electrons. The van der Waals surface area contributed by atoms with Crippen molar-refractivity contribution >= 4 is 5.97 Å². The molecule has 12 heavy (non-hydrogen) atoms. The maximum Gasteiger partial charge on any atom is 0.358 e. The van der Waals surface area contributed by atoms with E-state index in [-0.39, 0.29) is 11.6 Å². The van der Waals surface area contributed by atoms with Crippen molar-refractivity contribution in [1.82, 2.24) is 10.2 Å². The Kier molecular flexibility index (Phi) is 2.54. The van der Waals surface area contributed by atoms with Gasteiger partial charge in [0.25, 0.3) is 5.88 Å². The smallest absolute Gasteiger partial charge is 0.358 e. The molecule has 0 aliphatic heterocycles. The van der Waals surface area contributed by atoms with Crippen LogP contribution in [0.2, 0.25) is 0 Å². The van der Waals surface area contributed by atoms with E-state index in [1.807, 2.05) is 0 Å². The van der Waals surface area contributed by atoms with E-state index in [4.69, 9.17) is 5.90 Å². The van der Waals surface area contributed by atoms with Gasteiger partial charge in [0, 0.05) is 6.07 Å². The molecule has 1 rings (SSSR count). The molecule has 6 heteroatoms. The fraction of sp³-hybridized carbons (Fsp3) is 0.167. The van der Waals surface area contributed by atoms with Crippen molar-refractivity contribution in [2.24, 2.45) is 5.90 Å². The summed E-state index contributed by atoms with van der Waals surface area (Å²) >= 11 is 0. The van der Waals surface area contributed by atoms with E-state index in [2.05, 4.69) is 19.8 Å². The monoisotopic (exact) mass is 169 g/mol. The molecule has 0 amide bonds. The molecule has 0 unspecified atom stereocenters. The fourth-order valence-corrected chi connectivity index (χ4v) is 0.596. The van der Waals surface area contributed by atoms with Crippen LogP contribution in [0.25, 0.3) is 0 Å². The number of aromatic nitrogens is 2. The topological polar surface area (TPSA) is 87.3 Å². The third kappa shape index (κ3) is 1.67. The van der Waals surface area contributed by atoms with Gasteiger partial charge >= 0.3 is 5.97 Å². The average Bonchev–Trinajstić information content (AvgIpc) is 2.17. The Balaban J connectivity index is 2.84. The molecule has 0 saturated carbocycles. The minimum atomic E-state index is -0.550. The Bertz CT molecular complexity index is 272. The van der Waals surface area contributed by atoms with Gasteiger partial charge in [0.1, 0.15) is 0 Å². The second-order valence-electron chi connectivity index (χ2n) is 1.87. The molecular weight excluding hydrogens is 162 g/mol. The number of esters is 1. The molecule has 0 fully saturated rings. The fourth-order valence-electron chi connectivity index (χ4n) is 0.596. The maximum absolute atomic E-state index is 10.8. The lowest BCUT2D eigenvalue weighted by Crippen LogP contribution is -2.08. The zero-order valence-corrected chi connectivity index (χ0v) is 6.35. The van der Waals surface area contributed by atoms with E-state index in [0.29, 0.717) is 0 Å². The summed E-state index contributed by atoms with van der Waals surface area (Å²) in [5.74, 6) is 4.38. The number of methoxy groups -OCH3 is 1. The summed E-state index contributed by atoms with van der Waals surface area (Å²) in [6.45, 7) is 0. The van der Waals surface area contributed by atoms with Crippen LogP contribution in [0.5, 0.6) is 5.88 Å². The van der Waals surface area contributed by atoms with E-state index < -0.39 is 5.97 Å². The van der Waals surface area contributed by atoms with Crippen molar-refractivity contribution in [2.75, 3.05) is 7.11 Å². The normalized spacial score (nSPS) is 9.17. The van der Waals surface area contributed by atoms with Crippen molar-refractivity contribution in [2.45, 2.75) is 0 Å². The molecule has 2 N–H and O–H groups in total. The van der Waals surface area contributed by atoms with Crippen LogP contribution < -0.4 is 10.7 Å². The summed E-state index contributed by atoms with van der Waals surface area (Å²) in [7, 11) is 1.26. The van der Waals surface area contributed by atoms with Gasteiger partial charge in [-0.15, -0.1) is 10.2 Å². The van der Waals surface area contributed by atoms with Crippen molar-refractivity contribution < 1.29 is 14.4 Å². The first-order valence-electron chi connectivity index (χ1n) is 3.06. The number of ether oxygens (including phenoxy) is 1. The largest absolute Gasteiger partial charge is 0.464 e. The Hall–Kier alpha value is -1.69. The maximum atomic E-state index is 10.8. The van der Waals surface area contributed by atoms with Crippen LogP contribution in [-0.4, -0.2) is 23.3 Å². The molecule has 0 spiro atoms. The molecule has 0 aliphatic carbocycles. The van der Waals surface area contributed by atoms with Crippen molar-refractivity contribution in [3.05, 3.63) is 17.8 Å². The van der Waals surface area contributed by atoms with Gasteiger partial charge < -0.3 is 9.57 Å². The minimum Gasteiger partial charge on any atom is -0.464 e. The Morgan fingerprint density at radius 3 is 2.67 bits per heavy atom. The highest BCUT2D eigenvalue weighted by molar-refractivity contribution is 5.86. The molecule has 0 aromatic carbocycles. The second kappa shape index (κ2) is 3.63. The number of carbonyl (C=O) groups excluding carboxylic acids is 1. The number of rotatable bonds is 2. The first-order chi connectivity index (χ1) is 5.77. The first-order valence-corrected chi connectivity index (χ1v) is 3.06. The summed E-state index contributed by atoms with van der Waals surface area (Å²) in [5, 5.41) is 6.96. The van der Waals surface area contributed by atoms with Crippen molar-refractivity contribution in [3.8, 4) is 5.88 Å². The van der Waals surface area contributed by atoms with E-state index >= 15 is 0 Å². The van der Waals surface area contributed by atoms with Crippen LogP contribution in [0.15, 0.2) is 12.1 Å². The number of nitrogens with zero attached hydrogens (tertiary/aromatic N) is 2. The number of hydrogen-bond acceptors (Lipinski definition) is 6. The molecule has 1 aromatic rings. The van der Waals surface area contributed by atoms with Crippen LogP contribution in [0.3, 0.4) is 0 Å². The van der Waals surface area contributed by atoms with E-state index in [1.54, 1.807) is 0 Å². The molecule has 1 aromatic heterocycles. The lowest BCUT2D eigenvalue weighted by atomic mass is 10.4. The highest BCUT2D eigenvalue weighted by Crippen LogP contribution is 2.02. The van der Waals surface area contributed by atoms with Crippen LogP contribution in [0.1, 0.15) is 10.5 Å². The van der Waals surface area contributed by atoms with Gasteiger partial charge in [-0.3, -0.25) is 0 Å². The summed E-state index contributed by atoms with van der Waals surface area (Å²) in [4.78, 5) is 15.1. The van der Waals surface area contributed by atoms with Gasteiger partial charge in [0.05, 0.1) is 7.11 Å². The molecule has 0 radical (unpaired) electrons. The standard InChI is InChI=1S/C6H7N3O3/c1-11-6(10)4-2-3-5(12-7)9-8-4/h2-3H,7H2,1H3. The number of nitrogens with two attached hydrogens (primary N) is 1. The molecular formula is C6H7N3O3. The van der Waals surface area contributed by atoms with E-state index in [9.17, 15) is 4.79 Å². The van der Waals surface area contributed by atoms with E-state index in [0.717, 1.165) is 0 Å². The number of carbonyl (C=O) groups is 1. The Morgan fingerprint density at radius 1 is 1.50 bits per heavy atom. The summed E-state index contributed by atoms with van der Waals surface area (Å²) < 4.78 is 4.40. The van der Waals surface area contributed by atoms with Gasteiger partial charge in [-0.2, -0.15) is 5.90 Å². The molecule has 0 aliphatic rings. The third-order valence-electron chi connectivity index (χ3n) is 1.16. The minimum absolute atomic E-state index is 0.110. The van der Waals surface area contributed by atoms with Gasteiger partial charge in [-0.1, -0.05) is 0 Å². The lowest BCUT2D eigenvalue weighted by molar-refractivity contribution is 0.0592. The number of hydrogen-bond donors (Lipinski definition) is 1. The third-order valence-corrected chi connectivity index (χ3v) is 1.16. The Labute approximate surface area is 68.3 Å². The van der Waals surface area contributed by atoms with Crippen LogP contribution in [0.4, 0.5) is 0 Å². The predicted octanol–water partition coefficient (Wildman–Crippen LogP) is -0.484. The second-order valence-corrected chi connectivity index (χ2v) is 1.87. The van der Waals surface area contributed by atoms with Gasteiger partial charge in [0.15, 0.2) is 5.69 Å². The van der Waals surface area contributed by atoms with E-state index in [1.165, 1.54) is 19.2 Å². The highest BCUT2D eigenvalue weighted by atomic mass is 16.6. The molecule has 6 nitrogen and oxygen atoms in total. The zero-order valence-electron chi connectivity index (χ0n) is 6.35. The van der Waals surface area contributed by atoms with Gasteiger partial charge in [-0.25, -0.2) is 4.79 Å². The predicted molar refractivity (Wildman–Crippen MR) is 38.2 cm³/mol. The quantitative estimate of drug-likeness (QED) is 0.475. The van der Waals surface area contributed by atoms with Gasteiger partial charge in [-0.05, 0) is 6.07 Å². The summed E-state index contributed by atoms with van der Waals surface area (Å²) in [5.41, 5.74) is 0.110.